The average molecular weight is 425 g/mol. The third kappa shape index (κ3) is 4.50. The number of pyridine rings is 1. The predicted octanol–water partition coefficient (Wildman–Crippen LogP) is 3.75. The fourth-order valence-corrected chi connectivity index (χ4v) is 3.69. The van der Waals surface area contributed by atoms with E-state index >= 15 is 0 Å². The Bertz CT molecular complexity index is 1240. The number of aromatic nitrogens is 3. The number of rotatable bonds is 4. The normalized spacial score (nSPS) is 13.7. The van der Waals surface area contributed by atoms with Gasteiger partial charge >= 0.3 is 6.03 Å². The topological polar surface area (TPSA) is 95.1 Å². The summed E-state index contributed by atoms with van der Waals surface area (Å²) in [5.41, 5.74) is 4.00. The first-order valence-electron chi connectivity index (χ1n) is 10.6. The molecule has 1 aliphatic rings. The molecule has 5 rings (SSSR count). The Balaban J connectivity index is 1.37. The summed E-state index contributed by atoms with van der Waals surface area (Å²) >= 11 is 0. The predicted molar refractivity (Wildman–Crippen MR) is 127 cm³/mol. The molecule has 0 aliphatic carbocycles. The van der Waals surface area contributed by atoms with Crippen LogP contribution >= 0.6 is 0 Å². The summed E-state index contributed by atoms with van der Waals surface area (Å²) in [5.74, 6) is 0.733. The molecule has 32 heavy (non-hydrogen) atoms. The summed E-state index contributed by atoms with van der Waals surface area (Å²) < 4.78 is 0. The summed E-state index contributed by atoms with van der Waals surface area (Å²) in [6, 6.07) is 18.6. The van der Waals surface area contributed by atoms with Crippen LogP contribution < -0.4 is 20.9 Å². The highest BCUT2D eigenvalue weighted by molar-refractivity contribution is 6.01. The second-order valence-corrected chi connectivity index (χ2v) is 7.56. The number of nitrogens with zero attached hydrogens (tertiary/aromatic N) is 4. The van der Waals surface area contributed by atoms with Crippen molar-refractivity contribution in [2.24, 2.45) is 0 Å². The van der Waals surface area contributed by atoms with E-state index in [9.17, 15) is 4.79 Å². The number of hydrogen-bond donors (Lipinski definition) is 3. The number of para-hydroxylation sites is 1. The molecule has 0 unspecified atom stereocenters. The molecular weight excluding hydrogens is 402 g/mol. The average Bonchev–Trinajstić information content (AvgIpc) is 2.85. The van der Waals surface area contributed by atoms with E-state index < -0.39 is 0 Å². The second-order valence-electron chi connectivity index (χ2n) is 7.56. The van der Waals surface area contributed by atoms with Crippen LogP contribution in [0.2, 0.25) is 0 Å². The van der Waals surface area contributed by atoms with Crippen LogP contribution in [0.5, 0.6) is 0 Å². The molecule has 1 saturated heterocycles. The van der Waals surface area contributed by atoms with Gasteiger partial charge < -0.3 is 20.9 Å². The maximum absolute atomic E-state index is 12.3. The lowest BCUT2D eigenvalue weighted by Crippen LogP contribution is -2.44. The van der Waals surface area contributed by atoms with E-state index in [0.29, 0.717) is 5.69 Å². The molecule has 3 heterocycles. The molecule has 2 aromatic heterocycles. The molecule has 8 heteroatoms. The summed E-state index contributed by atoms with van der Waals surface area (Å²) in [7, 11) is 0. The number of benzene rings is 2. The van der Waals surface area contributed by atoms with E-state index in [-0.39, 0.29) is 6.03 Å². The number of amides is 2. The largest absolute Gasteiger partial charge is 0.338 e. The van der Waals surface area contributed by atoms with E-state index in [4.69, 9.17) is 4.98 Å². The Kier molecular flexibility index (Phi) is 5.59. The van der Waals surface area contributed by atoms with Gasteiger partial charge in [-0.3, -0.25) is 4.98 Å². The van der Waals surface area contributed by atoms with Gasteiger partial charge in [0.15, 0.2) is 0 Å². The van der Waals surface area contributed by atoms with Crippen LogP contribution in [0.1, 0.15) is 0 Å². The van der Waals surface area contributed by atoms with Crippen molar-refractivity contribution in [2.75, 3.05) is 41.7 Å². The van der Waals surface area contributed by atoms with Crippen molar-refractivity contribution in [1.29, 1.82) is 0 Å². The molecule has 2 aromatic carbocycles. The van der Waals surface area contributed by atoms with Crippen molar-refractivity contribution in [3.05, 3.63) is 73.1 Å². The van der Waals surface area contributed by atoms with Crippen LogP contribution in [0.25, 0.3) is 22.2 Å². The zero-order chi connectivity index (χ0) is 21.8. The molecular formula is C24H23N7O. The fourth-order valence-electron chi connectivity index (χ4n) is 3.69. The lowest BCUT2D eigenvalue weighted by molar-refractivity contribution is 0.262. The van der Waals surface area contributed by atoms with Crippen molar-refractivity contribution in [3.8, 4) is 11.3 Å². The molecule has 0 bridgehead atoms. The summed E-state index contributed by atoms with van der Waals surface area (Å²) in [4.78, 5) is 28.3. The van der Waals surface area contributed by atoms with Crippen molar-refractivity contribution in [3.63, 3.8) is 0 Å². The quantitative estimate of drug-likeness (QED) is 0.461. The van der Waals surface area contributed by atoms with Gasteiger partial charge in [0, 0.05) is 60.9 Å². The summed E-state index contributed by atoms with van der Waals surface area (Å²) in [6.45, 7) is 3.64. The van der Waals surface area contributed by atoms with E-state index in [1.165, 1.54) is 0 Å². The van der Waals surface area contributed by atoms with Crippen molar-refractivity contribution >= 4 is 34.3 Å². The minimum Gasteiger partial charge on any atom is -0.338 e. The number of hydrogen-bond acceptors (Lipinski definition) is 6. The number of fused-ring (bicyclic) bond motifs is 1. The van der Waals surface area contributed by atoms with Gasteiger partial charge in [-0.1, -0.05) is 18.2 Å². The molecule has 1 fully saturated rings. The number of nitrogens with one attached hydrogen (secondary N) is 3. The van der Waals surface area contributed by atoms with E-state index in [1.807, 2.05) is 66.9 Å². The van der Waals surface area contributed by atoms with Crippen LogP contribution in [0.3, 0.4) is 0 Å². The maximum atomic E-state index is 12.3. The van der Waals surface area contributed by atoms with E-state index in [2.05, 4.69) is 30.8 Å². The van der Waals surface area contributed by atoms with Gasteiger partial charge in [-0.25, -0.2) is 14.8 Å². The molecule has 2 amide bonds. The zero-order valence-electron chi connectivity index (χ0n) is 17.5. The molecule has 0 radical (unpaired) electrons. The van der Waals surface area contributed by atoms with Crippen LogP contribution in [0.15, 0.2) is 73.1 Å². The van der Waals surface area contributed by atoms with Gasteiger partial charge in [0.05, 0.1) is 11.2 Å². The van der Waals surface area contributed by atoms with Crippen LogP contribution in [0.4, 0.5) is 22.1 Å². The summed E-state index contributed by atoms with van der Waals surface area (Å²) in [6.07, 6.45) is 3.61. The Morgan fingerprint density at radius 3 is 2.56 bits per heavy atom. The fraction of sp³-hybridized carbons (Fsp3) is 0.167. The molecule has 0 saturated carbocycles. The first-order chi connectivity index (χ1) is 15.7. The number of anilines is 3. The summed E-state index contributed by atoms with van der Waals surface area (Å²) in [5, 5.41) is 9.96. The first-order valence-corrected chi connectivity index (χ1v) is 10.6. The van der Waals surface area contributed by atoms with E-state index in [1.54, 1.807) is 6.20 Å². The van der Waals surface area contributed by atoms with Gasteiger partial charge in [-0.2, -0.15) is 0 Å². The smallest absolute Gasteiger partial charge is 0.323 e. The first kappa shape index (κ1) is 19.9. The van der Waals surface area contributed by atoms with Crippen molar-refractivity contribution in [2.45, 2.75) is 0 Å². The van der Waals surface area contributed by atoms with Crippen molar-refractivity contribution < 1.29 is 4.79 Å². The molecule has 0 atom stereocenters. The zero-order valence-corrected chi connectivity index (χ0v) is 17.5. The van der Waals surface area contributed by atoms with E-state index in [0.717, 1.165) is 60.0 Å². The number of piperazine rings is 1. The molecule has 8 nitrogen and oxygen atoms in total. The van der Waals surface area contributed by atoms with Crippen molar-refractivity contribution in [1.82, 2.24) is 20.3 Å². The SMILES string of the molecule is O=C(Nc1ccccc1)Nc1ccc2ncc(-c3ccnc(N4CCNCC4)n3)cc2c1. The lowest BCUT2D eigenvalue weighted by Gasteiger charge is -2.27. The van der Waals surface area contributed by atoms with Gasteiger partial charge in [0.1, 0.15) is 0 Å². The van der Waals surface area contributed by atoms with Crippen LogP contribution in [0, 0.1) is 0 Å². The number of carbonyl (C=O) groups excluding carboxylic acids is 1. The van der Waals surface area contributed by atoms with Gasteiger partial charge in [0.2, 0.25) is 5.95 Å². The molecule has 3 N–H and O–H groups in total. The Morgan fingerprint density at radius 1 is 0.906 bits per heavy atom. The minimum absolute atomic E-state index is 0.295. The molecule has 4 aromatic rings. The molecule has 160 valence electrons. The monoisotopic (exact) mass is 425 g/mol. The Hall–Kier alpha value is -4.04. The van der Waals surface area contributed by atoms with Gasteiger partial charge in [-0.05, 0) is 42.5 Å². The van der Waals surface area contributed by atoms with Crippen LogP contribution in [-0.2, 0) is 0 Å². The maximum Gasteiger partial charge on any atom is 0.323 e. The van der Waals surface area contributed by atoms with Gasteiger partial charge in [0.25, 0.3) is 0 Å². The molecule has 1 aliphatic heterocycles. The third-order valence-corrected chi connectivity index (χ3v) is 5.31. The highest BCUT2D eigenvalue weighted by atomic mass is 16.2. The number of carbonyl (C=O) groups is 1. The highest BCUT2D eigenvalue weighted by Gasteiger charge is 2.14. The third-order valence-electron chi connectivity index (χ3n) is 5.31. The second kappa shape index (κ2) is 8.99. The molecule has 0 spiro atoms. The Morgan fingerprint density at radius 2 is 1.72 bits per heavy atom. The number of urea groups is 1. The highest BCUT2D eigenvalue weighted by Crippen LogP contribution is 2.25. The lowest BCUT2D eigenvalue weighted by atomic mass is 10.1. The minimum atomic E-state index is -0.295. The van der Waals surface area contributed by atoms with Gasteiger partial charge in [-0.15, -0.1) is 0 Å². The van der Waals surface area contributed by atoms with Crippen LogP contribution in [-0.4, -0.2) is 47.2 Å². The standard InChI is InChI=1S/C24H23N7O/c32-24(28-19-4-2-1-3-5-19)29-20-6-7-21-17(15-20)14-18(16-27-21)22-8-9-26-23(30-22)31-12-10-25-11-13-31/h1-9,14-16,25H,10-13H2,(H2,28,29,32). The Labute approximate surface area is 185 Å².